The monoisotopic (exact) mass is 471 g/mol. The summed E-state index contributed by atoms with van der Waals surface area (Å²) in [5.74, 6) is -2.27. The van der Waals surface area contributed by atoms with Crippen LogP contribution in [0.4, 0.5) is 8.78 Å². The van der Waals surface area contributed by atoms with Gasteiger partial charge >= 0.3 is 0 Å². The zero-order valence-corrected chi connectivity index (χ0v) is 18.0. The van der Waals surface area contributed by atoms with Crippen molar-refractivity contribution in [3.63, 3.8) is 0 Å². The second kappa shape index (κ2) is 9.11. The Morgan fingerprint density at radius 3 is 2.71 bits per heavy atom. The number of benzene rings is 2. The first-order valence-corrected chi connectivity index (χ1v) is 11.1. The van der Waals surface area contributed by atoms with Crippen molar-refractivity contribution in [2.75, 3.05) is 12.4 Å². The number of alkyl halides is 2. The second-order valence-electron chi connectivity index (χ2n) is 6.93. The van der Waals surface area contributed by atoms with Crippen LogP contribution in [0.3, 0.4) is 0 Å². The Balaban J connectivity index is 2.09. The van der Waals surface area contributed by atoms with E-state index in [2.05, 4.69) is 27.6 Å². The van der Waals surface area contributed by atoms with Crippen LogP contribution in [0.5, 0.6) is 5.75 Å². The van der Waals surface area contributed by atoms with Crippen molar-refractivity contribution in [3.8, 4) is 5.75 Å². The van der Waals surface area contributed by atoms with Crippen molar-refractivity contribution in [3.05, 3.63) is 64.1 Å². The molecule has 152 valence electrons. The molecule has 0 radical (unpaired) electrons. The molecule has 1 aliphatic heterocycles. The lowest BCUT2D eigenvalue weighted by atomic mass is 9.76. The summed E-state index contributed by atoms with van der Waals surface area (Å²) in [6.07, 6.45) is 1.36. The summed E-state index contributed by atoms with van der Waals surface area (Å²) < 4.78 is 40.5. The maximum Gasteiger partial charge on any atom is 0.293 e. The number of fused-ring (bicyclic) bond motifs is 1. The molecule has 1 aliphatic rings. The van der Waals surface area contributed by atoms with Crippen LogP contribution in [-0.2, 0) is 5.54 Å². The van der Waals surface area contributed by atoms with Crippen LogP contribution >= 0.6 is 27.9 Å². The van der Waals surface area contributed by atoms with E-state index in [1.165, 1.54) is 11.9 Å². The molecular weight excluding hydrogens is 448 g/mol. The van der Waals surface area contributed by atoms with Crippen LogP contribution in [0.2, 0.25) is 0 Å². The molecule has 0 spiro atoms. The number of aliphatic hydroxyl groups excluding tert-OH is 1. The molecule has 0 saturated carbocycles. The molecule has 0 amide bonds. The molecule has 0 fully saturated rings. The summed E-state index contributed by atoms with van der Waals surface area (Å²) >= 11 is 4.67. The fraction of sp³-hybridized carbons (Fsp3) is 0.429. The fourth-order valence-electron chi connectivity index (χ4n) is 3.42. The zero-order chi connectivity index (χ0) is 20.2. The van der Waals surface area contributed by atoms with Gasteiger partial charge in [0.05, 0.1) is 0 Å². The number of nitrogens with one attached hydrogen (secondary N) is 1. The molecular formula is C21H24BrF2NO2S. The summed E-state index contributed by atoms with van der Waals surface area (Å²) in [5, 5.41) is 9.61. The van der Waals surface area contributed by atoms with Gasteiger partial charge in [0.2, 0.25) is 0 Å². The molecule has 3 rings (SSSR count). The lowest BCUT2D eigenvalue weighted by Gasteiger charge is -2.46. The highest BCUT2D eigenvalue weighted by molar-refractivity contribution is 9.10. The van der Waals surface area contributed by atoms with Gasteiger partial charge in [-0.25, -0.2) is 13.5 Å². The molecule has 0 aromatic heterocycles. The summed E-state index contributed by atoms with van der Waals surface area (Å²) in [4.78, 5) is 0. The minimum atomic E-state index is -3.38. The third-order valence-corrected chi connectivity index (χ3v) is 6.48. The molecule has 7 heteroatoms. The van der Waals surface area contributed by atoms with Gasteiger partial charge in [-0.05, 0) is 30.2 Å². The van der Waals surface area contributed by atoms with E-state index in [9.17, 15) is 5.11 Å². The number of aliphatic hydroxyl groups is 1. The predicted molar refractivity (Wildman–Crippen MR) is 113 cm³/mol. The summed E-state index contributed by atoms with van der Waals surface area (Å²) in [6, 6.07) is 14.5. The van der Waals surface area contributed by atoms with Gasteiger partial charge in [0, 0.05) is 22.2 Å². The highest BCUT2D eigenvalue weighted by Gasteiger charge is 2.59. The standard InChI is InChI=1S/C21H24BrF2NO2S/c1-2-3-11-28-25-20(21(23,24)14-26)13-19(15-7-5-4-6-8-15)27-18-10-9-16(22)12-17(18)20/h4-10,12,19,25-26H,2-3,11,13-14H2,1H3/t19?,20-/m1/s1. The van der Waals surface area contributed by atoms with Crippen molar-refractivity contribution >= 4 is 27.9 Å². The first-order valence-electron chi connectivity index (χ1n) is 9.33. The van der Waals surface area contributed by atoms with Crippen molar-refractivity contribution in [1.82, 2.24) is 4.72 Å². The lowest BCUT2D eigenvalue weighted by Crippen LogP contribution is -2.58. The van der Waals surface area contributed by atoms with Gasteiger partial charge in [-0.1, -0.05) is 71.6 Å². The van der Waals surface area contributed by atoms with Crippen LogP contribution < -0.4 is 9.46 Å². The van der Waals surface area contributed by atoms with Gasteiger partial charge in [-0.2, -0.15) is 0 Å². The average molecular weight is 472 g/mol. The van der Waals surface area contributed by atoms with Crippen LogP contribution in [0, 0.1) is 0 Å². The fourth-order valence-corrected chi connectivity index (χ4v) is 4.90. The zero-order valence-electron chi connectivity index (χ0n) is 15.6. The quantitative estimate of drug-likeness (QED) is 0.375. The highest BCUT2D eigenvalue weighted by atomic mass is 79.9. The highest BCUT2D eigenvalue weighted by Crippen LogP contribution is 2.53. The van der Waals surface area contributed by atoms with E-state index in [4.69, 9.17) is 4.74 Å². The van der Waals surface area contributed by atoms with Gasteiger partial charge in [-0.15, -0.1) is 0 Å². The molecule has 2 aromatic rings. The minimum absolute atomic E-state index is 0.00709. The SMILES string of the molecule is CCCCSN[C@]1(C(F)(F)CO)CC(c2ccccc2)Oc2ccc(Br)cc21. The Bertz CT molecular complexity index is 793. The van der Waals surface area contributed by atoms with Gasteiger partial charge in [-0.3, -0.25) is 0 Å². The lowest BCUT2D eigenvalue weighted by molar-refractivity contribution is -0.137. The van der Waals surface area contributed by atoms with E-state index >= 15 is 8.78 Å². The Morgan fingerprint density at radius 1 is 1.29 bits per heavy atom. The van der Waals surface area contributed by atoms with Crippen LogP contribution in [0.15, 0.2) is 53.0 Å². The van der Waals surface area contributed by atoms with E-state index in [-0.39, 0.29) is 6.42 Å². The molecule has 28 heavy (non-hydrogen) atoms. The van der Waals surface area contributed by atoms with Crippen molar-refractivity contribution in [2.24, 2.45) is 0 Å². The number of ether oxygens (including phenoxy) is 1. The largest absolute Gasteiger partial charge is 0.485 e. The average Bonchev–Trinajstić information content (AvgIpc) is 2.71. The summed E-state index contributed by atoms with van der Waals surface area (Å²) in [7, 11) is 0. The van der Waals surface area contributed by atoms with Gasteiger partial charge in [0.1, 0.15) is 24.0 Å². The Labute approximate surface area is 177 Å². The molecule has 2 atom stereocenters. The first-order chi connectivity index (χ1) is 13.4. The number of rotatable bonds is 8. The molecule has 0 aliphatic carbocycles. The minimum Gasteiger partial charge on any atom is -0.485 e. The molecule has 0 saturated heterocycles. The number of halogens is 3. The van der Waals surface area contributed by atoms with Crippen LogP contribution in [-0.4, -0.2) is 23.4 Å². The third-order valence-electron chi connectivity index (χ3n) is 5.00. The van der Waals surface area contributed by atoms with E-state index in [1.807, 2.05) is 30.3 Å². The molecule has 2 aromatic carbocycles. The van der Waals surface area contributed by atoms with E-state index in [1.54, 1.807) is 18.2 Å². The van der Waals surface area contributed by atoms with Crippen molar-refractivity contribution in [2.45, 2.75) is 43.8 Å². The summed E-state index contributed by atoms with van der Waals surface area (Å²) in [5.41, 5.74) is -0.565. The van der Waals surface area contributed by atoms with Gasteiger partial charge in [0.15, 0.2) is 0 Å². The maximum atomic E-state index is 15.3. The first kappa shape index (κ1) is 21.6. The summed E-state index contributed by atoms with van der Waals surface area (Å²) in [6.45, 7) is 0.812. The molecule has 2 N–H and O–H groups in total. The molecule has 3 nitrogen and oxygen atoms in total. The van der Waals surface area contributed by atoms with E-state index in [0.29, 0.717) is 21.5 Å². The molecule has 0 bridgehead atoms. The van der Waals surface area contributed by atoms with Crippen LogP contribution in [0.25, 0.3) is 0 Å². The number of hydrogen-bond acceptors (Lipinski definition) is 4. The molecule has 1 heterocycles. The normalized spacial score (nSPS) is 21.8. The Kier molecular flexibility index (Phi) is 7.02. The van der Waals surface area contributed by atoms with Crippen LogP contribution in [0.1, 0.15) is 43.4 Å². The Hall–Kier alpha value is -1.15. The predicted octanol–water partition coefficient (Wildman–Crippen LogP) is 5.83. The van der Waals surface area contributed by atoms with Crippen molar-refractivity contribution < 1.29 is 18.6 Å². The number of unbranched alkanes of at least 4 members (excludes halogenated alkanes) is 1. The Morgan fingerprint density at radius 2 is 2.04 bits per heavy atom. The smallest absolute Gasteiger partial charge is 0.293 e. The van der Waals surface area contributed by atoms with E-state index < -0.39 is 24.2 Å². The van der Waals surface area contributed by atoms with Gasteiger partial charge < -0.3 is 9.84 Å². The maximum absolute atomic E-state index is 15.3. The second-order valence-corrected chi connectivity index (χ2v) is 8.75. The number of hydrogen-bond donors (Lipinski definition) is 2. The topological polar surface area (TPSA) is 41.5 Å². The van der Waals surface area contributed by atoms with Gasteiger partial charge in [0.25, 0.3) is 5.92 Å². The van der Waals surface area contributed by atoms with E-state index in [0.717, 1.165) is 18.4 Å². The van der Waals surface area contributed by atoms with Crippen molar-refractivity contribution in [1.29, 1.82) is 0 Å². The molecule has 1 unspecified atom stereocenters. The third kappa shape index (κ3) is 4.22.